The number of esters is 1. The highest BCUT2D eigenvalue weighted by molar-refractivity contribution is 6.05. The predicted octanol–water partition coefficient (Wildman–Crippen LogP) is 2.50. The number of Topliss-reactive ketones (excluding diaryl/α,β-unsaturated/α-hetero) is 1. The molecule has 7 heteroatoms. The van der Waals surface area contributed by atoms with E-state index in [-0.39, 0.29) is 37.2 Å². The van der Waals surface area contributed by atoms with Crippen molar-refractivity contribution in [3.63, 3.8) is 0 Å². The molecule has 0 bridgehead atoms. The van der Waals surface area contributed by atoms with E-state index in [2.05, 4.69) is 4.98 Å². The van der Waals surface area contributed by atoms with Gasteiger partial charge in [-0.25, -0.2) is 9.80 Å². The summed E-state index contributed by atoms with van der Waals surface area (Å²) in [5.74, 6) is -0.971. The molecule has 0 aliphatic carbocycles. The lowest BCUT2D eigenvalue weighted by atomic mass is 10.0. The number of rotatable bonds is 9. The van der Waals surface area contributed by atoms with Crippen LogP contribution in [-0.4, -0.2) is 46.3 Å². The van der Waals surface area contributed by atoms with Crippen molar-refractivity contribution in [2.75, 3.05) is 11.6 Å². The number of amides is 1. The Bertz CT molecular complexity index is 617. The average molecular weight is 361 g/mol. The number of carbonyl (C=O) groups is 3. The molecule has 0 saturated carbocycles. The normalized spacial score (nSPS) is 18.8. The molecule has 1 aromatic heterocycles. The van der Waals surface area contributed by atoms with E-state index in [4.69, 9.17) is 4.74 Å². The Balaban J connectivity index is 2.47. The van der Waals surface area contributed by atoms with E-state index in [0.29, 0.717) is 18.5 Å². The summed E-state index contributed by atoms with van der Waals surface area (Å²) in [6.45, 7) is 5.79. The molecule has 0 aromatic carbocycles. The van der Waals surface area contributed by atoms with Crippen molar-refractivity contribution in [1.82, 2.24) is 9.99 Å². The third kappa shape index (κ3) is 4.27. The minimum absolute atomic E-state index is 0.143. The second kappa shape index (κ2) is 9.43. The van der Waals surface area contributed by atoms with Crippen molar-refractivity contribution < 1.29 is 19.1 Å². The first kappa shape index (κ1) is 20.0. The van der Waals surface area contributed by atoms with Crippen LogP contribution >= 0.6 is 0 Å². The molecule has 7 nitrogen and oxygen atoms in total. The third-order valence-corrected chi connectivity index (χ3v) is 4.34. The number of carbonyl (C=O) groups excluding carboxylic acids is 3. The second-order valence-electron chi connectivity index (χ2n) is 6.31. The van der Waals surface area contributed by atoms with Gasteiger partial charge in [-0.3, -0.25) is 14.6 Å². The maximum Gasteiger partial charge on any atom is 0.332 e. The number of pyridine rings is 1. The zero-order chi connectivity index (χ0) is 19.1. The number of ether oxygens (including phenoxy) is 1. The molecule has 1 aliphatic heterocycles. The van der Waals surface area contributed by atoms with Crippen molar-refractivity contribution in [2.45, 2.75) is 65.0 Å². The molecule has 1 saturated heterocycles. The fraction of sp³-hybridized carbons (Fsp3) is 0.579. The predicted molar refractivity (Wildman–Crippen MR) is 97.2 cm³/mol. The SMILES string of the molecule is CCCC(=O)C(C(=O)OCC)N1C(CCC)CC(=O)N1c1cccnc1. The number of nitrogens with zero attached hydrogens (tertiary/aromatic N) is 3. The zero-order valence-electron chi connectivity index (χ0n) is 15.7. The highest BCUT2D eigenvalue weighted by Gasteiger charge is 2.47. The van der Waals surface area contributed by atoms with E-state index >= 15 is 0 Å². The third-order valence-electron chi connectivity index (χ3n) is 4.34. The van der Waals surface area contributed by atoms with Crippen LogP contribution in [0.4, 0.5) is 5.69 Å². The molecule has 1 aliphatic rings. The van der Waals surface area contributed by atoms with Crippen LogP contribution in [0.5, 0.6) is 0 Å². The average Bonchev–Trinajstić information content (AvgIpc) is 2.92. The van der Waals surface area contributed by atoms with Crippen molar-refractivity contribution in [3.05, 3.63) is 24.5 Å². The zero-order valence-corrected chi connectivity index (χ0v) is 15.7. The lowest BCUT2D eigenvalue weighted by molar-refractivity contribution is -0.154. The fourth-order valence-corrected chi connectivity index (χ4v) is 3.32. The van der Waals surface area contributed by atoms with Crippen LogP contribution in [0.3, 0.4) is 0 Å². The van der Waals surface area contributed by atoms with E-state index in [9.17, 15) is 14.4 Å². The van der Waals surface area contributed by atoms with Gasteiger partial charge >= 0.3 is 5.97 Å². The van der Waals surface area contributed by atoms with Crippen LogP contribution in [0.15, 0.2) is 24.5 Å². The summed E-state index contributed by atoms with van der Waals surface area (Å²) in [7, 11) is 0. The second-order valence-corrected chi connectivity index (χ2v) is 6.31. The van der Waals surface area contributed by atoms with Crippen LogP contribution in [0.2, 0.25) is 0 Å². The summed E-state index contributed by atoms with van der Waals surface area (Å²) in [5, 5.41) is 3.06. The van der Waals surface area contributed by atoms with Crippen LogP contribution in [0, 0.1) is 0 Å². The van der Waals surface area contributed by atoms with Crippen molar-refractivity contribution in [2.24, 2.45) is 0 Å². The molecular formula is C19H27N3O4. The highest BCUT2D eigenvalue weighted by Crippen LogP contribution is 2.31. The maximum atomic E-state index is 12.8. The molecule has 2 unspecified atom stereocenters. The molecule has 0 N–H and O–H groups in total. The van der Waals surface area contributed by atoms with Crippen LogP contribution < -0.4 is 5.01 Å². The number of ketones is 1. The minimum atomic E-state index is -1.11. The molecule has 26 heavy (non-hydrogen) atoms. The molecule has 1 amide bonds. The minimum Gasteiger partial charge on any atom is -0.464 e. The van der Waals surface area contributed by atoms with E-state index < -0.39 is 12.0 Å². The lowest BCUT2D eigenvalue weighted by Crippen LogP contribution is -2.56. The first-order valence-corrected chi connectivity index (χ1v) is 9.25. The monoisotopic (exact) mass is 361 g/mol. The Hall–Kier alpha value is -2.28. The van der Waals surface area contributed by atoms with Crippen LogP contribution in [0.1, 0.15) is 52.9 Å². The lowest BCUT2D eigenvalue weighted by Gasteiger charge is -2.36. The molecule has 142 valence electrons. The Morgan fingerprint density at radius 3 is 2.65 bits per heavy atom. The van der Waals surface area contributed by atoms with E-state index in [1.54, 1.807) is 36.5 Å². The van der Waals surface area contributed by atoms with E-state index in [1.165, 1.54) is 5.01 Å². The van der Waals surface area contributed by atoms with E-state index in [1.807, 2.05) is 13.8 Å². The molecule has 2 heterocycles. The molecular weight excluding hydrogens is 334 g/mol. The molecule has 1 fully saturated rings. The summed E-state index contributed by atoms with van der Waals surface area (Å²) in [5.41, 5.74) is 0.551. The van der Waals surface area contributed by atoms with Crippen molar-refractivity contribution in [3.8, 4) is 0 Å². The molecule has 2 atom stereocenters. The summed E-state index contributed by atoms with van der Waals surface area (Å²) in [6.07, 6.45) is 5.87. The standard InChI is InChI=1S/C19H27N3O4/c1-4-8-14-12-17(24)21(15-10-7-11-20-13-15)22(14)18(16(23)9-5-2)19(25)26-6-3/h7,10-11,13-14,18H,4-6,8-9,12H2,1-3H3. The van der Waals surface area contributed by atoms with Gasteiger partial charge in [0.15, 0.2) is 11.8 Å². The van der Waals surface area contributed by atoms with E-state index in [0.717, 1.165) is 6.42 Å². The first-order chi connectivity index (χ1) is 12.5. The molecule has 0 radical (unpaired) electrons. The van der Waals surface area contributed by atoms with Gasteiger partial charge in [0.2, 0.25) is 5.91 Å². The number of aromatic nitrogens is 1. The summed E-state index contributed by atoms with van der Waals surface area (Å²) in [6, 6.07) is 2.14. The van der Waals surface area contributed by atoms with Gasteiger partial charge in [-0.1, -0.05) is 20.3 Å². The van der Waals surface area contributed by atoms with Gasteiger partial charge in [-0.05, 0) is 31.9 Å². The van der Waals surface area contributed by atoms with Crippen LogP contribution in [0.25, 0.3) is 0 Å². The number of hydrazine groups is 1. The topological polar surface area (TPSA) is 79.8 Å². The van der Waals surface area contributed by atoms with Crippen molar-refractivity contribution in [1.29, 1.82) is 0 Å². The van der Waals surface area contributed by atoms with Crippen LogP contribution in [-0.2, 0) is 19.1 Å². The molecule has 0 spiro atoms. The summed E-state index contributed by atoms with van der Waals surface area (Å²) >= 11 is 0. The fourth-order valence-electron chi connectivity index (χ4n) is 3.32. The number of hydrogen-bond donors (Lipinski definition) is 0. The summed E-state index contributed by atoms with van der Waals surface area (Å²) < 4.78 is 5.17. The maximum absolute atomic E-state index is 12.8. The summed E-state index contributed by atoms with van der Waals surface area (Å²) in [4.78, 5) is 42.2. The number of anilines is 1. The Labute approximate surface area is 154 Å². The van der Waals surface area contributed by atoms with Gasteiger partial charge in [0.1, 0.15) is 0 Å². The number of hydrogen-bond acceptors (Lipinski definition) is 6. The Morgan fingerprint density at radius 1 is 1.31 bits per heavy atom. The largest absolute Gasteiger partial charge is 0.464 e. The van der Waals surface area contributed by atoms with Crippen molar-refractivity contribution >= 4 is 23.3 Å². The Morgan fingerprint density at radius 2 is 2.08 bits per heavy atom. The first-order valence-electron chi connectivity index (χ1n) is 9.25. The van der Waals surface area contributed by atoms with Gasteiger partial charge in [0.25, 0.3) is 0 Å². The quantitative estimate of drug-likeness (QED) is 0.497. The molecule has 1 aromatic rings. The van der Waals surface area contributed by atoms with Gasteiger partial charge in [-0.15, -0.1) is 0 Å². The molecule has 2 rings (SSSR count). The Kier molecular flexibility index (Phi) is 7.26. The van der Waals surface area contributed by atoms with Gasteiger partial charge < -0.3 is 4.74 Å². The van der Waals surface area contributed by atoms with Gasteiger partial charge in [-0.2, -0.15) is 5.01 Å². The van der Waals surface area contributed by atoms with Gasteiger partial charge in [0.05, 0.1) is 18.5 Å². The van der Waals surface area contributed by atoms with Gasteiger partial charge in [0, 0.05) is 25.1 Å². The smallest absolute Gasteiger partial charge is 0.332 e. The highest BCUT2D eigenvalue weighted by atomic mass is 16.5.